The van der Waals surface area contributed by atoms with Crippen molar-refractivity contribution in [1.82, 2.24) is 25.2 Å². The van der Waals surface area contributed by atoms with E-state index in [0.29, 0.717) is 25.8 Å². The van der Waals surface area contributed by atoms with E-state index in [1.165, 1.54) is 6.92 Å². The van der Waals surface area contributed by atoms with Crippen LogP contribution in [-0.2, 0) is 6.18 Å². The second-order valence-electron chi connectivity index (χ2n) is 13.5. The number of nitrogens with one attached hydrogen (secondary N) is 1. The lowest BCUT2D eigenvalue weighted by Crippen LogP contribution is -2.58. The highest BCUT2D eigenvalue weighted by Crippen LogP contribution is 2.52. The fourth-order valence-electron chi connectivity index (χ4n) is 8.74. The first-order chi connectivity index (χ1) is 22.4. The Balaban J connectivity index is 1.38. The molecular formula is C32H32ClF6N7O. The van der Waals surface area contributed by atoms with Gasteiger partial charge in [-0.25, -0.2) is 18.2 Å². The number of nitrogen functional groups attached to an aromatic ring is 1. The summed E-state index contributed by atoms with van der Waals surface area (Å²) >= 11 is 6.89. The number of aromatic nitrogens is 3. The third kappa shape index (κ3) is 4.76. The van der Waals surface area contributed by atoms with E-state index < -0.39 is 45.5 Å². The van der Waals surface area contributed by atoms with Crippen molar-refractivity contribution in [3.8, 4) is 17.3 Å². The average Bonchev–Trinajstić information content (AvgIpc) is 3.64. The summed E-state index contributed by atoms with van der Waals surface area (Å²) in [7, 11) is 0. The number of pyridine rings is 1. The van der Waals surface area contributed by atoms with E-state index in [1.807, 2.05) is 4.90 Å². The lowest BCUT2D eigenvalue weighted by atomic mass is 9.91. The fraction of sp³-hybridized carbons (Fsp3) is 0.531. The molecule has 15 heteroatoms. The number of hydrogen-bond acceptors (Lipinski definition) is 8. The Bertz CT molecular complexity index is 1840. The highest BCUT2D eigenvalue weighted by Gasteiger charge is 2.50. The van der Waals surface area contributed by atoms with E-state index in [9.17, 15) is 22.0 Å². The number of rotatable bonds is 4. The Labute approximate surface area is 271 Å². The van der Waals surface area contributed by atoms with Crippen molar-refractivity contribution in [2.45, 2.75) is 81.5 Å². The van der Waals surface area contributed by atoms with Gasteiger partial charge >= 0.3 is 12.2 Å². The molecule has 0 aliphatic carbocycles. The molecule has 250 valence electrons. The van der Waals surface area contributed by atoms with E-state index in [0.717, 1.165) is 31.9 Å². The molecule has 2 aromatic heterocycles. The summed E-state index contributed by atoms with van der Waals surface area (Å²) in [5.74, 6) is -1.20. The Kier molecular flexibility index (Phi) is 7.13. The zero-order valence-corrected chi connectivity index (χ0v) is 26.2. The molecule has 1 aromatic carbocycles. The van der Waals surface area contributed by atoms with Gasteiger partial charge in [-0.2, -0.15) is 23.1 Å². The molecule has 0 spiro atoms. The number of aryl methyl sites for hydroxylation is 1. The van der Waals surface area contributed by atoms with Crippen LogP contribution in [0, 0.1) is 12.7 Å². The molecule has 0 saturated carbocycles. The highest BCUT2D eigenvalue weighted by atomic mass is 35.5. The number of nitrogens with zero attached hydrogens (tertiary/aromatic N) is 5. The molecule has 3 aromatic rings. The zero-order chi connectivity index (χ0) is 33.0. The Morgan fingerprint density at radius 2 is 2.00 bits per heavy atom. The Hall–Kier alpha value is -3.36. The maximum Gasteiger partial charge on any atom is 0.418 e. The predicted molar refractivity (Wildman–Crippen MR) is 165 cm³/mol. The molecule has 0 radical (unpaired) electrons. The van der Waals surface area contributed by atoms with Crippen LogP contribution in [0.25, 0.3) is 27.7 Å². The number of piperazine rings is 1. The third-order valence-corrected chi connectivity index (χ3v) is 11.1. The first kappa shape index (κ1) is 30.9. The standard InChI is InChI=1S/C32H32ClF6N7O/c1-14-7-20(40)42-27(24(14)32(37,38)39)23-25(33)21-15(10-34)8-19-18-4-3-17(41-18)12-46(19)29-22(21)28(26(23)36)43-30(44-29)47-13-31-5-2-6-45(31)11-16(35)9-31/h7,10,16-19,41H,2-6,8-9,11-13H2,1H3,(H2,40,42)/b15-10+/t16-,17-,18+,19-,31?/m1/s1. The fourth-order valence-corrected chi connectivity index (χ4v) is 9.13. The van der Waals surface area contributed by atoms with Crippen LogP contribution in [0.4, 0.5) is 38.0 Å². The van der Waals surface area contributed by atoms with Crippen LogP contribution in [0.2, 0.25) is 5.02 Å². The van der Waals surface area contributed by atoms with Gasteiger partial charge in [-0.15, -0.1) is 0 Å². The maximum absolute atomic E-state index is 17.0. The average molecular weight is 680 g/mol. The summed E-state index contributed by atoms with van der Waals surface area (Å²) in [6, 6.07) is 0.575. The summed E-state index contributed by atoms with van der Waals surface area (Å²) in [4.78, 5) is 17.2. The summed E-state index contributed by atoms with van der Waals surface area (Å²) in [6.07, 6.45) is -1.91. The highest BCUT2D eigenvalue weighted by molar-refractivity contribution is 6.37. The number of halogens is 7. The topological polar surface area (TPSA) is 92.4 Å². The summed E-state index contributed by atoms with van der Waals surface area (Å²) in [6.45, 7) is 2.74. The van der Waals surface area contributed by atoms with Crippen molar-refractivity contribution in [2.24, 2.45) is 0 Å². The van der Waals surface area contributed by atoms with Gasteiger partial charge in [0.05, 0.1) is 39.1 Å². The molecule has 0 amide bonds. The van der Waals surface area contributed by atoms with Gasteiger partial charge in [0.25, 0.3) is 0 Å². The number of anilines is 2. The second-order valence-corrected chi connectivity index (χ2v) is 13.9. The van der Waals surface area contributed by atoms with Gasteiger partial charge in [0.1, 0.15) is 29.9 Å². The van der Waals surface area contributed by atoms with Crippen molar-refractivity contribution < 1.29 is 31.1 Å². The monoisotopic (exact) mass is 679 g/mol. The minimum absolute atomic E-state index is 0.000909. The molecule has 8 rings (SSSR count). The summed E-state index contributed by atoms with van der Waals surface area (Å²) < 4.78 is 96.1. The van der Waals surface area contributed by atoms with Crippen molar-refractivity contribution in [3.05, 3.63) is 39.9 Å². The minimum atomic E-state index is -4.95. The molecule has 3 N–H and O–H groups in total. The van der Waals surface area contributed by atoms with Crippen molar-refractivity contribution in [1.29, 1.82) is 0 Å². The number of hydrogen-bond donors (Lipinski definition) is 2. The SMILES string of the molecule is Cc1cc(N)nc(-c2c(Cl)c3c4c(nc(OCC56CCCN5C[C@H](F)C6)nc4c2F)N2C[C@H]4CC[C@H](N4)[C@H]2C/C3=C\F)c1C(F)(F)F. The van der Waals surface area contributed by atoms with Crippen LogP contribution in [0.3, 0.4) is 0 Å². The van der Waals surface area contributed by atoms with Crippen LogP contribution in [0.5, 0.6) is 6.01 Å². The molecule has 1 unspecified atom stereocenters. The van der Waals surface area contributed by atoms with E-state index in [1.54, 1.807) is 0 Å². The Morgan fingerprint density at radius 1 is 1.19 bits per heavy atom. The van der Waals surface area contributed by atoms with E-state index in [-0.39, 0.29) is 82.8 Å². The van der Waals surface area contributed by atoms with Crippen LogP contribution in [0.15, 0.2) is 12.4 Å². The summed E-state index contributed by atoms with van der Waals surface area (Å²) in [5, 5.41) is 3.20. The molecule has 8 nitrogen and oxygen atoms in total. The van der Waals surface area contributed by atoms with E-state index >= 15 is 4.39 Å². The second kappa shape index (κ2) is 10.8. The number of fused-ring (bicyclic) bond motifs is 6. The van der Waals surface area contributed by atoms with Crippen LogP contribution < -0.4 is 20.7 Å². The van der Waals surface area contributed by atoms with Gasteiger partial charge < -0.3 is 20.7 Å². The lowest BCUT2D eigenvalue weighted by molar-refractivity contribution is -0.137. The molecule has 5 aliphatic rings. The van der Waals surface area contributed by atoms with Gasteiger partial charge in [0, 0.05) is 43.2 Å². The molecule has 2 bridgehead atoms. The predicted octanol–water partition coefficient (Wildman–Crippen LogP) is 6.37. The molecular weight excluding hydrogens is 648 g/mol. The molecule has 4 saturated heterocycles. The smallest absolute Gasteiger partial charge is 0.418 e. The minimum Gasteiger partial charge on any atom is -0.461 e. The molecule has 4 fully saturated rings. The first-order valence-electron chi connectivity index (χ1n) is 15.8. The zero-order valence-electron chi connectivity index (χ0n) is 25.4. The normalized spacial score (nSPS) is 29.4. The van der Waals surface area contributed by atoms with E-state index in [2.05, 4.69) is 20.2 Å². The number of ether oxygens (including phenoxy) is 1. The quantitative estimate of drug-likeness (QED) is 0.308. The van der Waals surface area contributed by atoms with Crippen molar-refractivity contribution in [2.75, 3.05) is 36.9 Å². The van der Waals surface area contributed by atoms with Crippen molar-refractivity contribution >= 4 is 39.7 Å². The number of alkyl halides is 4. The van der Waals surface area contributed by atoms with Gasteiger partial charge in [-0.05, 0) is 62.8 Å². The molecule has 47 heavy (non-hydrogen) atoms. The number of benzene rings is 1. The van der Waals surface area contributed by atoms with Crippen LogP contribution in [0.1, 0.15) is 55.2 Å². The number of nitrogens with two attached hydrogens (primary N) is 1. The lowest BCUT2D eigenvalue weighted by Gasteiger charge is -2.41. The molecule has 5 atom stereocenters. The van der Waals surface area contributed by atoms with Gasteiger partial charge in [-0.3, -0.25) is 4.90 Å². The third-order valence-electron chi connectivity index (χ3n) is 10.7. The Morgan fingerprint density at radius 3 is 2.77 bits per heavy atom. The molecule has 7 heterocycles. The largest absolute Gasteiger partial charge is 0.461 e. The first-order valence-corrected chi connectivity index (χ1v) is 16.2. The molecule has 5 aliphatic heterocycles. The van der Waals surface area contributed by atoms with E-state index in [4.69, 9.17) is 27.1 Å². The van der Waals surface area contributed by atoms with Gasteiger partial charge in [0.15, 0.2) is 5.82 Å². The maximum atomic E-state index is 17.0. The van der Waals surface area contributed by atoms with Gasteiger partial charge in [0.2, 0.25) is 0 Å². The van der Waals surface area contributed by atoms with Crippen LogP contribution in [-0.4, -0.2) is 75.9 Å². The van der Waals surface area contributed by atoms with Gasteiger partial charge in [-0.1, -0.05) is 11.6 Å². The van der Waals surface area contributed by atoms with Crippen molar-refractivity contribution in [3.63, 3.8) is 0 Å². The van der Waals surface area contributed by atoms with Crippen LogP contribution >= 0.6 is 11.6 Å². The summed E-state index contributed by atoms with van der Waals surface area (Å²) in [5.41, 5.74) is 2.02.